The molecule has 2 N–H and O–H groups in total. The van der Waals surface area contributed by atoms with Gasteiger partial charge in [-0.15, -0.1) is 0 Å². The molecule has 0 spiro atoms. The quantitative estimate of drug-likeness (QED) is 0.751. The number of hydrogen-bond acceptors (Lipinski definition) is 3. The third-order valence-electron chi connectivity index (χ3n) is 4.14. The molecule has 1 saturated carbocycles. The van der Waals surface area contributed by atoms with E-state index in [0.29, 0.717) is 11.3 Å². The molecule has 0 radical (unpaired) electrons. The highest BCUT2D eigenvalue weighted by molar-refractivity contribution is 5.96. The number of anilines is 1. The number of hydrogen-bond donors (Lipinski definition) is 2. The predicted molar refractivity (Wildman–Crippen MR) is 97.0 cm³/mol. The standard InChI is InChI=1S/C20H19F3N2O3/c21-20(22,23)12-28-17-9-1-13(2-10-17)11-24-18(26)14-5-7-16(8-6-14)25-19(27)15-3-4-15/h1-2,5-10,15H,3-4,11-12H2,(H,24,26)(H,25,27). The van der Waals surface area contributed by atoms with E-state index in [9.17, 15) is 22.8 Å². The largest absolute Gasteiger partial charge is 0.484 e. The smallest absolute Gasteiger partial charge is 0.422 e. The highest BCUT2D eigenvalue weighted by atomic mass is 19.4. The molecule has 2 aromatic carbocycles. The van der Waals surface area contributed by atoms with E-state index >= 15 is 0 Å². The van der Waals surface area contributed by atoms with Crippen LogP contribution in [0.2, 0.25) is 0 Å². The molecule has 148 valence electrons. The highest BCUT2D eigenvalue weighted by Gasteiger charge is 2.29. The molecule has 1 aliphatic carbocycles. The maximum Gasteiger partial charge on any atom is 0.422 e. The van der Waals surface area contributed by atoms with Crippen LogP contribution in [0.4, 0.5) is 18.9 Å². The number of carbonyl (C=O) groups excluding carboxylic acids is 2. The first-order valence-electron chi connectivity index (χ1n) is 8.78. The molecular formula is C20H19F3N2O3. The first-order valence-corrected chi connectivity index (χ1v) is 8.78. The summed E-state index contributed by atoms with van der Waals surface area (Å²) in [4.78, 5) is 23.9. The van der Waals surface area contributed by atoms with Crippen molar-refractivity contribution < 1.29 is 27.5 Å². The summed E-state index contributed by atoms with van der Waals surface area (Å²) in [7, 11) is 0. The Balaban J connectivity index is 1.47. The lowest BCUT2D eigenvalue weighted by Crippen LogP contribution is -2.23. The molecule has 0 atom stereocenters. The summed E-state index contributed by atoms with van der Waals surface area (Å²) in [5.74, 6) is -0.0817. The zero-order valence-electron chi connectivity index (χ0n) is 14.9. The Labute approximate surface area is 159 Å². The van der Waals surface area contributed by atoms with Gasteiger partial charge in [0.05, 0.1) is 0 Å². The Bertz CT molecular complexity index is 829. The summed E-state index contributed by atoms with van der Waals surface area (Å²) >= 11 is 0. The highest BCUT2D eigenvalue weighted by Crippen LogP contribution is 2.30. The van der Waals surface area contributed by atoms with Crippen LogP contribution in [0.1, 0.15) is 28.8 Å². The van der Waals surface area contributed by atoms with Gasteiger partial charge in [-0.25, -0.2) is 0 Å². The van der Waals surface area contributed by atoms with Crippen molar-refractivity contribution in [2.75, 3.05) is 11.9 Å². The summed E-state index contributed by atoms with van der Waals surface area (Å²) in [5.41, 5.74) is 1.80. The van der Waals surface area contributed by atoms with Crippen LogP contribution in [0.5, 0.6) is 5.75 Å². The molecule has 0 bridgehead atoms. The fourth-order valence-electron chi connectivity index (χ4n) is 2.45. The van der Waals surface area contributed by atoms with Gasteiger partial charge in [-0.3, -0.25) is 9.59 Å². The Morgan fingerprint density at radius 1 is 1.00 bits per heavy atom. The zero-order valence-corrected chi connectivity index (χ0v) is 14.9. The maximum atomic E-state index is 12.2. The molecule has 8 heteroatoms. The van der Waals surface area contributed by atoms with Gasteiger partial charge in [0.1, 0.15) is 5.75 Å². The van der Waals surface area contributed by atoms with Gasteiger partial charge >= 0.3 is 6.18 Å². The van der Waals surface area contributed by atoms with Crippen LogP contribution in [0.25, 0.3) is 0 Å². The Kier molecular flexibility index (Phi) is 5.87. The van der Waals surface area contributed by atoms with Crippen LogP contribution < -0.4 is 15.4 Å². The molecule has 1 aliphatic rings. The van der Waals surface area contributed by atoms with E-state index in [1.807, 2.05) is 0 Å². The van der Waals surface area contributed by atoms with Gasteiger partial charge in [-0.1, -0.05) is 12.1 Å². The summed E-state index contributed by atoms with van der Waals surface area (Å²) in [6, 6.07) is 12.6. The van der Waals surface area contributed by atoms with Gasteiger partial charge in [0.2, 0.25) is 5.91 Å². The summed E-state index contributed by atoms with van der Waals surface area (Å²) in [6.45, 7) is -1.13. The van der Waals surface area contributed by atoms with E-state index in [2.05, 4.69) is 15.4 Å². The third-order valence-corrected chi connectivity index (χ3v) is 4.14. The molecule has 28 heavy (non-hydrogen) atoms. The summed E-state index contributed by atoms with van der Waals surface area (Å²) in [6.07, 6.45) is -2.55. The topological polar surface area (TPSA) is 67.4 Å². The van der Waals surface area contributed by atoms with E-state index in [1.54, 1.807) is 36.4 Å². The monoisotopic (exact) mass is 392 g/mol. The molecule has 0 saturated heterocycles. The Hall–Kier alpha value is -3.03. The van der Waals surface area contributed by atoms with Crippen molar-refractivity contribution in [2.45, 2.75) is 25.6 Å². The van der Waals surface area contributed by atoms with Crippen molar-refractivity contribution >= 4 is 17.5 Å². The molecule has 3 rings (SSSR count). The molecule has 2 amide bonds. The number of halogens is 3. The van der Waals surface area contributed by atoms with E-state index in [-0.39, 0.29) is 30.0 Å². The van der Waals surface area contributed by atoms with Crippen LogP contribution >= 0.6 is 0 Å². The van der Waals surface area contributed by atoms with Crippen LogP contribution in [0.3, 0.4) is 0 Å². The minimum atomic E-state index is -4.39. The van der Waals surface area contributed by atoms with Crippen LogP contribution in [0.15, 0.2) is 48.5 Å². The van der Waals surface area contributed by atoms with Crippen molar-refractivity contribution in [3.8, 4) is 5.75 Å². The SMILES string of the molecule is O=C(NCc1ccc(OCC(F)(F)F)cc1)c1ccc(NC(=O)C2CC2)cc1. The number of amides is 2. The maximum absolute atomic E-state index is 12.2. The Morgan fingerprint density at radius 3 is 2.21 bits per heavy atom. The van der Waals surface area contributed by atoms with Gasteiger partial charge in [-0.2, -0.15) is 13.2 Å². The normalized spacial score (nSPS) is 13.7. The van der Waals surface area contributed by atoms with Gasteiger partial charge < -0.3 is 15.4 Å². The van der Waals surface area contributed by atoms with Crippen LogP contribution in [-0.4, -0.2) is 24.6 Å². The average Bonchev–Trinajstić information content (AvgIpc) is 3.50. The first kappa shape index (κ1) is 19.7. The number of carbonyl (C=O) groups is 2. The van der Waals surface area contributed by atoms with Crippen molar-refractivity contribution in [1.82, 2.24) is 5.32 Å². The fraction of sp³-hybridized carbons (Fsp3) is 0.300. The minimum Gasteiger partial charge on any atom is -0.484 e. The number of alkyl halides is 3. The van der Waals surface area contributed by atoms with Crippen molar-refractivity contribution in [2.24, 2.45) is 5.92 Å². The second-order valence-electron chi connectivity index (χ2n) is 6.57. The van der Waals surface area contributed by atoms with Crippen molar-refractivity contribution in [3.05, 3.63) is 59.7 Å². The molecule has 2 aromatic rings. The van der Waals surface area contributed by atoms with E-state index in [0.717, 1.165) is 18.4 Å². The second kappa shape index (κ2) is 8.33. The van der Waals surface area contributed by atoms with Crippen LogP contribution in [0, 0.1) is 5.92 Å². The summed E-state index contributed by atoms with van der Waals surface area (Å²) in [5, 5.41) is 5.53. The third kappa shape index (κ3) is 6.00. The molecule has 5 nitrogen and oxygen atoms in total. The van der Waals surface area contributed by atoms with E-state index in [4.69, 9.17) is 0 Å². The number of rotatable bonds is 7. The molecule has 0 heterocycles. The molecule has 0 aromatic heterocycles. The van der Waals surface area contributed by atoms with E-state index < -0.39 is 12.8 Å². The van der Waals surface area contributed by atoms with Gasteiger partial charge in [-0.05, 0) is 54.8 Å². The summed E-state index contributed by atoms with van der Waals surface area (Å²) < 4.78 is 41.0. The van der Waals surface area contributed by atoms with Crippen molar-refractivity contribution in [3.63, 3.8) is 0 Å². The Morgan fingerprint density at radius 2 is 1.64 bits per heavy atom. The molecule has 0 aliphatic heterocycles. The molecule has 1 fully saturated rings. The molecular weight excluding hydrogens is 373 g/mol. The lowest BCUT2D eigenvalue weighted by Gasteiger charge is -2.10. The van der Waals surface area contributed by atoms with Gasteiger partial charge in [0, 0.05) is 23.7 Å². The number of benzene rings is 2. The van der Waals surface area contributed by atoms with Gasteiger partial charge in [0.15, 0.2) is 6.61 Å². The molecule has 0 unspecified atom stereocenters. The fourth-order valence-corrected chi connectivity index (χ4v) is 2.45. The van der Waals surface area contributed by atoms with Gasteiger partial charge in [0.25, 0.3) is 5.91 Å². The number of nitrogens with one attached hydrogen (secondary N) is 2. The van der Waals surface area contributed by atoms with Crippen LogP contribution in [-0.2, 0) is 11.3 Å². The second-order valence-corrected chi connectivity index (χ2v) is 6.57. The number of ether oxygens (including phenoxy) is 1. The van der Waals surface area contributed by atoms with Crippen molar-refractivity contribution in [1.29, 1.82) is 0 Å². The zero-order chi connectivity index (χ0) is 20.1. The first-order chi connectivity index (χ1) is 13.3. The minimum absolute atomic E-state index is 0.000128. The lowest BCUT2D eigenvalue weighted by molar-refractivity contribution is -0.153. The average molecular weight is 392 g/mol. The lowest BCUT2D eigenvalue weighted by atomic mass is 10.1. The predicted octanol–water partition coefficient (Wildman–Crippen LogP) is 3.91. The van der Waals surface area contributed by atoms with E-state index in [1.165, 1.54) is 12.1 Å².